The van der Waals surface area contributed by atoms with Crippen molar-refractivity contribution in [1.29, 1.82) is 0 Å². The third-order valence-electron chi connectivity index (χ3n) is 5.63. The van der Waals surface area contributed by atoms with E-state index in [1.165, 1.54) is 32.1 Å². The molecule has 0 radical (unpaired) electrons. The molecule has 0 N–H and O–H groups in total. The molecule has 27 heavy (non-hydrogen) atoms. The molecule has 3 rings (SSSR count). The molecule has 5 nitrogen and oxygen atoms in total. The van der Waals surface area contributed by atoms with Gasteiger partial charge in [0.15, 0.2) is 0 Å². The average Bonchev–Trinajstić information content (AvgIpc) is 2.63. The fraction of sp³-hybridized carbons (Fsp3) is 0.619. The number of carbonyl (C=O) groups excluding carboxylic acids is 2. The normalized spacial score (nSPS) is 22.4. The maximum atomic E-state index is 12.7. The molecule has 0 spiro atoms. The van der Waals surface area contributed by atoms with Crippen molar-refractivity contribution in [2.45, 2.75) is 51.5 Å². The number of benzene rings is 1. The summed E-state index contributed by atoms with van der Waals surface area (Å²) in [5.74, 6) is 0.0590. The second kappa shape index (κ2) is 9.56. The van der Waals surface area contributed by atoms with Gasteiger partial charge in [-0.1, -0.05) is 30.9 Å². The number of amides is 2. The van der Waals surface area contributed by atoms with Crippen LogP contribution in [0.5, 0.6) is 0 Å². The first-order chi connectivity index (χ1) is 13.0. The maximum Gasteiger partial charge on any atom is 0.246 e. The Hall–Kier alpha value is -1.59. The van der Waals surface area contributed by atoms with E-state index < -0.39 is 0 Å². The molecule has 2 aliphatic rings. The highest BCUT2D eigenvalue weighted by Gasteiger charge is 2.33. The van der Waals surface area contributed by atoms with Crippen molar-refractivity contribution in [1.82, 2.24) is 9.80 Å². The van der Waals surface area contributed by atoms with Crippen molar-refractivity contribution in [3.05, 3.63) is 29.3 Å². The first-order valence-corrected chi connectivity index (χ1v) is 10.5. The van der Waals surface area contributed by atoms with E-state index in [1.54, 1.807) is 21.9 Å². The van der Waals surface area contributed by atoms with Gasteiger partial charge >= 0.3 is 0 Å². The van der Waals surface area contributed by atoms with Crippen LogP contribution in [0.15, 0.2) is 24.3 Å². The van der Waals surface area contributed by atoms with E-state index in [9.17, 15) is 9.59 Å². The number of halogens is 1. The minimum Gasteiger partial charge on any atom is -0.329 e. The fourth-order valence-electron chi connectivity index (χ4n) is 3.99. The number of nitrogens with zero attached hydrogens (tertiary/aromatic N) is 3. The number of anilines is 1. The Kier molecular flexibility index (Phi) is 7.13. The number of carbonyl (C=O) groups is 2. The van der Waals surface area contributed by atoms with Crippen molar-refractivity contribution in [2.75, 3.05) is 37.6 Å². The van der Waals surface area contributed by atoms with Crippen LogP contribution in [0.25, 0.3) is 0 Å². The van der Waals surface area contributed by atoms with Gasteiger partial charge in [0.05, 0.1) is 0 Å². The summed E-state index contributed by atoms with van der Waals surface area (Å²) in [4.78, 5) is 31.3. The van der Waals surface area contributed by atoms with Crippen LogP contribution in [0.1, 0.15) is 45.4 Å². The summed E-state index contributed by atoms with van der Waals surface area (Å²) in [5, 5.41) is 0.650. The van der Waals surface area contributed by atoms with Gasteiger partial charge in [0.25, 0.3) is 0 Å². The van der Waals surface area contributed by atoms with Crippen LogP contribution >= 0.6 is 11.6 Å². The molecule has 2 saturated heterocycles. The van der Waals surface area contributed by atoms with Crippen molar-refractivity contribution < 1.29 is 9.59 Å². The highest BCUT2D eigenvalue weighted by atomic mass is 35.5. The zero-order chi connectivity index (χ0) is 19.2. The first kappa shape index (κ1) is 20.2. The van der Waals surface area contributed by atoms with Gasteiger partial charge in [-0.3, -0.25) is 9.59 Å². The highest BCUT2D eigenvalue weighted by Crippen LogP contribution is 2.22. The molecule has 1 atom stereocenters. The lowest BCUT2D eigenvalue weighted by molar-refractivity contribution is -0.139. The largest absolute Gasteiger partial charge is 0.329 e. The maximum absolute atomic E-state index is 12.7. The highest BCUT2D eigenvalue weighted by molar-refractivity contribution is 6.30. The molecule has 2 heterocycles. The second-order valence-corrected chi connectivity index (χ2v) is 8.15. The summed E-state index contributed by atoms with van der Waals surface area (Å²) < 4.78 is 0. The van der Waals surface area contributed by atoms with Crippen LogP contribution in [0.4, 0.5) is 5.69 Å². The van der Waals surface area contributed by atoms with Crippen LogP contribution in [0, 0.1) is 0 Å². The summed E-state index contributed by atoms with van der Waals surface area (Å²) in [6.07, 6.45) is 6.87. The lowest BCUT2D eigenvalue weighted by Gasteiger charge is -2.39. The molecule has 6 heteroatoms. The van der Waals surface area contributed by atoms with Crippen LogP contribution < -0.4 is 4.90 Å². The molecular formula is C21H30ClN3O2. The third-order valence-corrected chi connectivity index (χ3v) is 5.89. The molecule has 1 aromatic rings. The molecule has 0 aromatic heterocycles. The standard InChI is InChI=1S/C21H30ClN3O2/c1-17-15-25(19-9-7-18(22)8-10-19)21(27)16-24(17)20(26)11-14-23-12-5-3-2-4-6-13-23/h7-10,17H,2-6,11-16H2,1H3. The van der Waals surface area contributed by atoms with Gasteiger partial charge in [-0.25, -0.2) is 0 Å². The number of hydrogen-bond acceptors (Lipinski definition) is 3. The van der Waals surface area contributed by atoms with Gasteiger partial charge < -0.3 is 14.7 Å². The van der Waals surface area contributed by atoms with E-state index in [4.69, 9.17) is 11.6 Å². The molecule has 1 aromatic carbocycles. The van der Waals surface area contributed by atoms with Crippen LogP contribution in [0.3, 0.4) is 0 Å². The van der Waals surface area contributed by atoms with Gasteiger partial charge in [0, 0.05) is 36.3 Å². The Balaban J connectivity index is 1.53. The van der Waals surface area contributed by atoms with Gasteiger partial charge in [-0.05, 0) is 57.1 Å². The zero-order valence-corrected chi connectivity index (χ0v) is 17.0. The fourth-order valence-corrected chi connectivity index (χ4v) is 4.12. The number of likely N-dealkylation sites (tertiary alicyclic amines) is 1. The predicted octanol–water partition coefficient (Wildman–Crippen LogP) is 3.56. The third kappa shape index (κ3) is 5.45. The van der Waals surface area contributed by atoms with Crippen molar-refractivity contribution in [2.24, 2.45) is 0 Å². The van der Waals surface area contributed by atoms with E-state index in [-0.39, 0.29) is 24.4 Å². The topological polar surface area (TPSA) is 43.9 Å². The molecule has 2 aliphatic heterocycles. The summed E-state index contributed by atoms with van der Waals surface area (Å²) in [6, 6.07) is 7.29. The Labute approximate surface area is 167 Å². The van der Waals surface area contributed by atoms with E-state index in [0.29, 0.717) is 18.0 Å². The Bertz CT molecular complexity index is 641. The summed E-state index contributed by atoms with van der Waals surface area (Å²) in [6.45, 7) is 5.68. The lowest BCUT2D eigenvalue weighted by atomic mass is 10.1. The average molecular weight is 392 g/mol. The minimum absolute atomic E-state index is 0.0122. The first-order valence-electron chi connectivity index (χ1n) is 10.1. The van der Waals surface area contributed by atoms with Gasteiger partial charge in [-0.15, -0.1) is 0 Å². The second-order valence-electron chi connectivity index (χ2n) is 7.71. The van der Waals surface area contributed by atoms with Gasteiger partial charge in [0.1, 0.15) is 6.54 Å². The molecule has 0 saturated carbocycles. The molecule has 2 amide bonds. The number of piperazine rings is 1. The molecular weight excluding hydrogens is 362 g/mol. The smallest absolute Gasteiger partial charge is 0.246 e. The summed E-state index contributed by atoms with van der Waals surface area (Å²) in [7, 11) is 0. The number of hydrogen-bond donors (Lipinski definition) is 0. The van der Waals surface area contributed by atoms with E-state index in [0.717, 1.165) is 25.3 Å². The lowest BCUT2D eigenvalue weighted by Crippen LogP contribution is -2.57. The van der Waals surface area contributed by atoms with E-state index in [2.05, 4.69) is 4.90 Å². The van der Waals surface area contributed by atoms with E-state index in [1.807, 2.05) is 19.1 Å². The summed E-state index contributed by atoms with van der Waals surface area (Å²) in [5.41, 5.74) is 0.837. The molecule has 0 aliphatic carbocycles. The van der Waals surface area contributed by atoms with Crippen LogP contribution in [-0.2, 0) is 9.59 Å². The monoisotopic (exact) mass is 391 g/mol. The van der Waals surface area contributed by atoms with Crippen LogP contribution in [-0.4, -0.2) is 60.4 Å². The van der Waals surface area contributed by atoms with Crippen molar-refractivity contribution in [3.63, 3.8) is 0 Å². The number of rotatable bonds is 4. The van der Waals surface area contributed by atoms with Crippen molar-refractivity contribution in [3.8, 4) is 0 Å². The zero-order valence-electron chi connectivity index (χ0n) is 16.2. The van der Waals surface area contributed by atoms with Gasteiger partial charge in [-0.2, -0.15) is 0 Å². The van der Waals surface area contributed by atoms with Gasteiger partial charge in [0.2, 0.25) is 11.8 Å². The van der Waals surface area contributed by atoms with Crippen molar-refractivity contribution >= 4 is 29.1 Å². The summed E-state index contributed by atoms with van der Waals surface area (Å²) >= 11 is 5.94. The van der Waals surface area contributed by atoms with Crippen LogP contribution in [0.2, 0.25) is 5.02 Å². The quantitative estimate of drug-likeness (QED) is 0.788. The molecule has 1 unspecified atom stereocenters. The minimum atomic E-state index is -0.0324. The van der Waals surface area contributed by atoms with E-state index >= 15 is 0 Å². The molecule has 2 fully saturated rings. The Morgan fingerprint density at radius 1 is 1.07 bits per heavy atom. The Morgan fingerprint density at radius 2 is 1.70 bits per heavy atom. The predicted molar refractivity (Wildman–Crippen MR) is 109 cm³/mol. The SMILES string of the molecule is CC1CN(c2ccc(Cl)cc2)C(=O)CN1C(=O)CCN1CCCCCCC1. The molecule has 148 valence electrons. The Morgan fingerprint density at radius 3 is 2.37 bits per heavy atom. The molecule has 0 bridgehead atoms.